The fourth-order valence-corrected chi connectivity index (χ4v) is 0.675. The van der Waals surface area contributed by atoms with Crippen LogP contribution in [0.5, 0.6) is 0 Å². The standard InChI is InChI=1S/C6H7ClN2O2/c7-2-4-8-6(10)5-1-3-9-11-5/h1,3H,2,4H2,(H,8,10). The van der Waals surface area contributed by atoms with E-state index in [9.17, 15) is 4.79 Å². The highest BCUT2D eigenvalue weighted by Crippen LogP contribution is 1.94. The first kappa shape index (κ1) is 8.07. The molecule has 1 aromatic heterocycles. The normalized spacial score (nSPS) is 9.55. The molecular formula is C6H7ClN2O2. The van der Waals surface area contributed by atoms with Gasteiger partial charge >= 0.3 is 0 Å². The zero-order valence-electron chi connectivity index (χ0n) is 5.71. The molecule has 1 amide bonds. The molecule has 5 heteroatoms. The molecule has 0 spiro atoms. The Kier molecular flexibility index (Phi) is 2.92. The van der Waals surface area contributed by atoms with E-state index in [0.29, 0.717) is 12.4 Å². The number of aromatic nitrogens is 1. The van der Waals surface area contributed by atoms with Crippen molar-refractivity contribution in [2.75, 3.05) is 12.4 Å². The number of hydrogen-bond acceptors (Lipinski definition) is 3. The van der Waals surface area contributed by atoms with Gasteiger partial charge in [-0.1, -0.05) is 5.16 Å². The van der Waals surface area contributed by atoms with Crippen LogP contribution in [0.1, 0.15) is 10.6 Å². The number of alkyl halides is 1. The molecule has 0 saturated carbocycles. The average molecular weight is 175 g/mol. The van der Waals surface area contributed by atoms with Gasteiger partial charge < -0.3 is 9.84 Å². The number of carbonyl (C=O) groups is 1. The molecule has 1 N–H and O–H groups in total. The van der Waals surface area contributed by atoms with E-state index in [-0.39, 0.29) is 11.7 Å². The number of nitrogens with one attached hydrogen (secondary N) is 1. The minimum atomic E-state index is -0.289. The third kappa shape index (κ3) is 2.23. The second-order valence-corrected chi connectivity index (χ2v) is 2.20. The Morgan fingerprint density at radius 3 is 3.18 bits per heavy atom. The Labute approximate surface area is 68.5 Å². The van der Waals surface area contributed by atoms with Gasteiger partial charge in [-0.2, -0.15) is 0 Å². The third-order valence-corrected chi connectivity index (χ3v) is 1.23. The van der Waals surface area contributed by atoms with Crippen molar-refractivity contribution in [3.63, 3.8) is 0 Å². The van der Waals surface area contributed by atoms with Crippen LogP contribution in [0.25, 0.3) is 0 Å². The molecule has 0 atom stereocenters. The van der Waals surface area contributed by atoms with Crippen LogP contribution in [-0.2, 0) is 0 Å². The third-order valence-electron chi connectivity index (χ3n) is 1.04. The van der Waals surface area contributed by atoms with Crippen LogP contribution >= 0.6 is 11.6 Å². The molecule has 1 heterocycles. The van der Waals surface area contributed by atoms with Crippen LogP contribution in [0.2, 0.25) is 0 Å². The monoisotopic (exact) mass is 174 g/mol. The highest BCUT2D eigenvalue weighted by Gasteiger charge is 2.06. The second kappa shape index (κ2) is 3.98. The van der Waals surface area contributed by atoms with E-state index in [1.54, 1.807) is 0 Å². The van der Waals surface area contributed by atoms with E-state index in [4.69, 9.17) is 11.6 Å². The van der Waals surface area contributed by atoms with Crippen LogP contribution in [0.4, 0.5) is 0 Å². The number of rotatable bonds is 3. The van der Waals surface area contributed by atoms with E-state index >= 15 is 0 Å². The number of carbonyl (C=O) groups excluding carboxylic acids is 1. The number of hydrogen-bond donors (Lipinski definition) is 1. The first-order chi connectivity index (χ1) is 5.34. The lowest BCUT2D eigenvalue weighted by Crippen LogP contribution is -2.24. The van der Waals surface area contributed by atoms with Crippen LogP contribution in [0.3, 0.4) is 0 Å². The fraction of sp³-hybridized carbons (Fsp3) is 0.333. The molecule has 0 bridgehead atoms. The zero-order chi connectivity index (χ0) is 8.10. The van der Waals surface area contributed by atoms with Gasteiger partial charge in [-0.25, -0.2) is 0 Å². The van der Waals surface area contributed by atoms with Gasteiger partial charge in [0.15, 0.2) is 0 Å². The summed E-state index contributed by atoms with van der Waals surface area (Å²) in [5.74, 6) is 0.304. The lowest BCUT2D eigenvalue weighted by atomic mass is 10.4. The maximum absolute atomic E-state index is 11.0. The van der Waals surface area contributed by atoms with Crippen molar-refractivity contribution in [3.8, 4) is 0 Å². The van der Waals surface area contributed by atoms with Crippen molar-refractivity contribution < 1.29 is 9.32 Å². The first-order valence-electron chi connectivity index (χ1n) is 3.09. The number of halogens is 1. The minimum Gasteiger partial charge on any atom is -0.351 e. The Morgan fingerprint density at radius 2 is 2.64 bits per heavy atom. The maximum atomic E-state index is 11.0. The van der Waals surface area contributed by atoms with E-state index in [0.717, 1.165) is 0 Å². The molecule has 0 aliphatic carbocycles. The first-order valence-corrected chi connectivity index (χ1v) is 3.63. The van der Waals surface area contributed by atoms with E-state index in [1.165, 1.54) is 12.3 Å². The quantitative estimate of drug-likeness (QED) is 0.685. The highest BCUT2D eigenvalue weighted by atomic mass is 35.5. The van der Waals surface area contributed by atoms with Crippen molar-refractivity contribution in [1.29, 1.82) is 0 Å². The molecule has 1 aromatic rings. The second-order valence-electron chi connectivity index (χ2n) is 1.82. The lowest BCUT2D eigenvalue weighted by Gasteiger charge is -1.96. The highest BCUT2D eigenvalue weighted by molar-refractivity contribution is 6.18. The van der Waals surface area contributed by atoms with Gasteiger partial charge in [-0.15, -0.1) is 11.6 Å². The lowest BCUT2D eigenvalue weighted by molar-refractivity contribution is 0.0919. The molecule has 0 aromatic carbocycles. The molecule has 0 aliphatic rings. The van der Waals surface area contributed by atoms with Gasteiger partial charge in [-0.3, -0.25) is 4.79 Å². The molecule has 1 rings (SSSR count). The van der Waals surface area contributed by atoms with Crippen molar-refractivity contribution in [1.82, 2.24) is 10.5 Å². The average Bonchev–Trinajstić information content (AvgIpc) is 2.52. The van der Waals surface area contributed by atoms with Gasteiger partial charge in [0.1, 0.15) is 0 Å². The van der Waals surface area contributed by atoms with Crippen LogP contribution in [-0.4, -0.2) is 23.5 Å². The predicted octanol–water partition coefficient (Wildman–Crippen LogP) is 0.643. The molecule has 0 aliphatic heterocycles. The number of nitrogens with zero attached hydrogens (tertiary/aromatic N) is 1. The van der Waals surface area contributed by atoms with Gasteiger partial charge in [0.25, 0.3) is 5.91 Å². The fourth-order valence-electron chi connectivity index (χ4n) is 0.581. The summed E-state index contributed by atoms with van der Waals surface area (Å²) in [6.45, 7) is 0.432. The molecule has 0 unspecified atom stereocenters. The zero-order valence-corrected chi connectivity index (χ0v) is 6.47. The van der Waals surface area contributed by atoms with Gasteiger partial charge in [0.2, 0.25) is 5.76 Å². The molecule has 0 saturated heterocycles. The molecule has 60 valence electrons. The molecule has 0 fully saturated rings. The van der Waals surface area contributed by atoms with Crippen molar-refractivity contribution >= 4 is 17.5 Å². The van der Waals surface area contributed by atoms with E-state index in [1.807, 2.05) is 0 Å². The summed E-state index contributed by atoms with van der Waals surface area (Å²) < 4.78 is 4.59. The summed E-state index contributed by atoms with van der Waals surface area (Å²) in [6, 6.07) is 1.49. The van der Waals surface area contributed by atoms with Gasteiger partial charge in [0.05, 0.1) is 6.20 Å². The van der Waals surface area contributed by atoms with Crippen LogP contribution < -0.4 is 5.32 Å². The molecule has 4 nitrogen and oxygen atoms in total. The Hall–Kier alpha value is -1.03. The van der Waals surface area contributed by atoms with Crippen molar-refractivity contribution in [2.45, 2.75) is 0 Å². The minimum absolute atomic E-state index is 0.204. The van der Waals surface area contributed by atoms with Crippen molar-refractivity contribution in [2.24, 2.45) is 0 Å². The van der Waals surface area contributed by atoms with Gasteiger partial charge in [0, 0.05) is 18.5 Å². The smallest absolute Gasteiger partial charge is 0.289 e. The number of amides is 1. The maximum Gasteiger partial charge on any atom is 0.289 e. The van der Waals surface area contributed by atoms with E-state index in [2.05, 4.69) is 15.0 Å². The topological polar surface area (TPSA) is 55.1 Å². The molecule has 11 heavy (non-hydrogen) atoms. The summed E-state index contributed by atoms with van der Waals surface area (Å²) in [5, 5.41) is 5.91. The largest absolute Gasteiger partial charge is 0.351 e. The summed E-state index contributed by atoms with van der Waals surface area (Å²) in [5.41, 5.74) is 0. The SMILES string of the molecule is O=C(NCCCl)c1ccno1. The van der Waals surface area contributed by atoms with Gasteiger partial charge in [-0.05, 0) is 0 Å². The summed E-state index contributed by atoms with van der Waals surface area (Å²) >= 11 is 5.35. The molecular weight excluding hydrogens is 168 g/mol. The predicted molar refractivity (Wildman–Crippen MR) is 39.6 cm³/mol. The van der Waals surface area contributed by atoms with Crippen LogP contribution in [0.15, 0.2) is 16.8 Å². The van der Waals surface area contributed by atoms with E-state index < -0.39 is 0 Å². The van der Waals surface area contributed by atoms with Crippen LogP contribution in [0, 0.1) is 0 Å². The van der Waals surface area contributed by atoms with Crippen molar-refractivity contribution in [3.05, 3.63) is 18.0 Å². The summed E-state index contributed by atoms with van der Waals surface area (Å²) in [4.78, 5) is 11.0. The Bertz CT molecular complexity index is 222. The summed E-state index contributed by atoms with van der Waals surface area (Å²) in [6.07, 6.45) is 1.41. The summed E-state index contributed by atoms with van der Waals surface area (Å²) in [7, 11) is 0. The Morgan fingerprint density at radius 1 is 1.82 bits per heavy atom. The Balaban J connectivity index is 2.43. The molecule has 0 radical (unpaired) electrons.